The van der Waals surface area contributed by atoms with Gasteiger partial charge in [0.1, 0.15) is 12.1 Å². The second kappa shape index (κ2) is 6.82. The Labute approximate surface area is 143 Å². The van der Waals surface area contributed by atoms with Gasteiger partial charge in [-0.1, -0.05) is 29.8 Å². The molecule has 24 heavy (non-hydrogen) atoms. The normalized spacial score (nSPS) is 12.1. The highest BCUT2D eigenvalue weighted by atomic mass is 35.5. The molecule has 1 atom stereocenters. The summed E-state index contributed by atoms with van der Waals surface area (Å²) in [7, 11) is 0. The van der Waals surface area contributed by atoms with Crippen molar-refractivity contribution in [2.75, 3.05) is 11.9 Å². The molecule has 0 aliphatic rings. The van der Waals surface area contributed by atoms with Crippen LogP contribution in [-0.2, 0) is 0 Å². The molecular formula is C17H16ClN5O. The molecule has 0 spiro atoms. The number of hydrogen-bond donors (Lipinski definition) is 3. The van der Waals surface area contributed by atoms with Gasteiger partial charge in [0.05, 0.1) is 17.1 Å². The van der Waals surface area contributed by atoms with E-state index in [9.17, 15) is 4.79 Å². The van der Waals surface area contributed by atoms with Crippen molar-refractivity contribution in [3.8, 4) is 0 Å². The lowest BCUT2D eigenvalue weighted by Gasteiger charge is -2.19. The summed E-state index contributed by atoms with van der Waals surface area (Å²) < 4.78 is 0. The van der Waals surface area contributed by atoms with E-state index in [1.165, 1.54) is 6.33 Å². The first-order chi connectivity index (χ1) is 11.6. The maximum atomic E-state index is 11.6. The van der Waals surface area contributed by atoms with E-state index >= 15 is 0 Å². The largest absolute Gasteiger partial charge is 0.366 e. The molecule has 6 nitrogen and oxygen atoms in total. The summed E-state index contributed by atoms with van der Waals surface area (Å²) in [6.07, 6.45) is 1.39. The summed E-state index contributed by atoms with van der Waals surface area (Å²) in [5.41, 5.74) is 13.1. The minimum Gasteiger partial charge on any atom is -0.366 e. The van der Waals surface area contributed by atoms with Gasteiger partial charge in [0, 0.05) is 17.0 Å². The van der Waals surface area contributed by atoms with Crippen molar-refractivity contribution in [2.24, 2.45) is 11.5 Å². The highest BCUT2D eigenvalue weighted by Crippen LogP contribution is 2.26. The van der Waals surface area contributed by atoms with E-state index in [-0.39, 0.29) is 6.04 Å². The molecule has 1 amide bonds. The van der Waals surface area contributed by atoms with E-state index in [2.05, 4.69) is 15.3 Å². The number of carbonyl (C=O) groups excluding carboxylic acids is 1. The average molecular weight is 342 g/mol. The van der Waals surface area contributed by atoms with Crippen LogP contribution < -0.4 is 16.8 Å². The van der Waals surface area contributed by atoms with Crippen LogP contribution in [0.15, 0.2) is 48.8 Å². The third kappa shape index (κ3) is 3.15. The number of primary amides is 1. The number of halogens is 1. The van der Waals surface area contributed by atoms with Crippen LogP contribution in [0.25, 0.3) is 10.9 Å². The maximum Gasteiger partial charge on any atom is 0.250 e. The predicted molar refractivity (Wildman–Crippen MR) is 94.9 cm³/mol. The summed E-state index contributed by atoms with van der Waals surface area (Å²) in [5, 5.41) is 4.63. The smallest absolute Gasteiger partial charge is 0.250 e. The molecule has 0 aliphatic heterocycles. The third-order valence-corrected chi connectivity index (χ3v) is 3.96. The lowest BCUT2D eigenvalue weighted by Crippen LogP contribution is -2.21. The fraction of sp³-hybridized carbons (Fsp3) is 0.118. The first-order valence-corrected chi connectivity index (χ1v) is 7.73. The Morgan fingerprint density at radius 3 is 2.71 bits per heavy atom. The van der Waals surface area contributed by atoms with Crippen LogP contribution in [-0.4, -0.2) is 22.4 Å². The lowest BCUT2D eigenvalue weighted by atomic mass is 10.1. The zero-order valence-corrected chi connectivity index (χ0v) is 13.5. The Morgan fingerprint density at radius 1 is 1.21 bits per heavy atom. The van der Waals surface area contributed by atoms with E-state index in [1.54, 1.807) is 18.2 Å². The van der Waals surface area contributed by atoms with Crippen LogP contribution in [0.5, 0.6) is 0 Å². The van der Waals surface area contributed by atoms with Crippen LogP contribution in [0, 0.1) is 0 Å². The second-order valence-electron chi connectivity index (χ2n) is 5.28. The van der Waals surface area contributed by atoms with Crippen molar-refractivity contribution in [3.63, 3.8) is 0 Å². The number of nitrogens with zero attached hydrogens (tertiary/aromatic N) is 2. The second-order valence-corrected chi connectivity index (χ2v) is 5.71. The van der Waals surface area contributed by atoms with Gasteiger partial charge in [-0.05, 0) is 29.8 Å². The van der Waals surface area contributed by atoms with Gasteiger partial charge in [-0.15, -0.1) is 0 Å². The van der Waals surface area contributed by atoms with Crippen molar-refractivity contribution in [1.82, 2.24) is 9.97 Å². The molecule has 122 valence electrons. The minimum atomic E-state index is -0.532. The summed E-state index contributed by atoms with van der Waals surface area (Å²) >= 11 is 6.05. The number of amides is 1. The Balaban J connectivity index is 2.03. The number of benzene rings is 2. The van der Waals surface area contributed by atoms with E-state index in [0.717, 1.165) is 5.56 Å². The van der Waals surface area contributed by atoms with Crippen LogP contribution >= 0.6 is 11.6 Å². The molecule has 1 heterocycles. The topological polar surface area (TPSA) is 107 Å². The number of carbonyl (C=O) groups is 1. The molecule has 5 N–H and O–H groups in total. The number of nitrogens with two attached hydrogens (primary N) is 2. The molecular weight excluding hydrogens is 326 g/mol. The quantitative estimate of drug-likeness (QED) is 0.661. The first-order valence-electron chi connectivity index (χ1n) is 7.35. The van der Waals surface area contributed by atoms with E-state index in [4.69, 9.17) is 23.1 Å². The van der Waals surface area contributed by atoms with Crippen molar-refractivity contribution in [3.05, 3.63) is 64.9 Å². The van der Waals surface area contributed by atoms with Gasteiger partial charge in [-0.2, -0.15) is 0 Å². The molecule has 1 unspecified atom stereocenters. The van der Waals surface area contributed by atoms with Crippen LogP contribution in [0.4, 0.5) is 5.82 Å². The standard InChI is InChI=1S/C17H16ClN5O/c18-11-4-1-3-10(7-11)14(8-19)23-17-13-6-2-5-12(16(20)24)15(13)21-9-22-17/h1-7,9,14H,8,19H2,(H2,20,24)(H,21,22,23). The van der Waals surface area contributed by atoms with Crippen molar-refractivity contribution >= 4 is 34.2 Å². The van der Waals surface area contributed by atoms with Crippen molar-refractivity contribution in [2.45, 2.75) is 6.04 Å². The SMILES string of the molecule is NCC(Nc1ncnc2c(C(N)=O)cccc12)c1cccc(Cl)c1. The van der Waals surface area contributed by atoms with Crippen LogP contribution in [0.1, 0.15) is 22.0 Å². The summed E-state index contributed by atoms with van der Waals surface area (Å²) in [5.74, 6) is 0.0500. The van der Waals surface area contributed by atoms with Gasteiger partial charge in [-0.3, -0.25) is 4.79 Å². The Hall–Kier alpha value is -2.70. The maximum absolute atomic E-state index is 11.6. The Bertz CT molecular complexity index is 899. The Kier molecular flexibility index (Phi) is 4.59. The molecule has 3 rings (SSSR count). The van der Waals surface area contributed by atoms with Gasteiger partial charge < -0.3 is 16.8 Å². The molecule has 1 aromatic heterocycles. The molecule has 0 aliphatic carbocycles. The number of nitrogens with one attached hydrogen (secondary N) is 1. The van der Waals surface area contributed by atoms with E-state index in [1.807, 2.05) is 24.3 Å². The predicted octanol–water partition coefficient (Wildman–Crippen LogP) is 2.49. The molecule has 0 bridgehead atoms. The number of fused-ring (bicyclic) bond motifs is 1. The summed E-state index contributed by atoms with van der Waals surface area (Å²) in [6.45, 7) is 0.349. The highest BCUT2D eigenvalue weighted by Gasteiger charge is 2.15. The molecule has 3 aromatic rings. The van der Waals surface area contributed by atoms with E-state index in [0.29, 0.717) is 33.9 Å². The highest BCUT2D eigenvalue weighted by molar-refractivity contribution is 6.30. The van der Waals surface area contributed by atoms with E-state index < -0.39 is 5.91 Å². The van der Waals surface area contributed by atoms with Crippen LogP contribution in [0.3, 0.4) is 0 Å². The number of anilines is 1. The molecule has 0 saturated heterocycles. The zero-order chi connectivity index (χ0) is 17.1. The number of para-hydroxylation sites is 1. The molecule has 0 saturated carbocycles. The number of rotatable bonds is 5. The summed E-state index contributed by atoms with van der Waals surface area (Å²) in [6, 6.07) is 12.5. The van der Waals surface area contributed by atoms with Gasteiger partial charge in [-0.25, -0.2) is 9.97 Å². The molecule has 2 aromatic carbocycles. The third-order valence-electron chi connectivity index (χ3n) is 3.73. The molecule has 7 heteroatoms. The minimum absolute atomic E-state index is 0.181. The average Bonchev–Trinajstić information content (AvgIpc) is 2.59. The van der Waals surface area contributed by atoms with Gasteiger partial charge >= 0.3 is 0 Å². The zero-order valence-electron chi connectivity index (χ0n) is 12.7. The summed E-state index contributed by atoms with van der Waals surface area (Å²) in [4.78, 5) is 20.0. The monoisotopic (exact) mass is 341 g/mol. The molecule has 0 radical (unpaired) electrons. The fourth-order valence-electron chi connectivity index (χ4n) is 2.57. The lowest BCUT2D eigenvalue weighted by molar-refractivity contribution is 0.100. The number of hydrogen-bond acceptors (Lipinski definition) is 5. The Morgan fingerprint density at radius 2 is 2.00 bits per heavy atom. The van der Waals surface area contributed by atoms with Crippen molar-refractivity contribution < 1.29 is 4.79 Å². The van der Waals surface area contributed by atoms with Gasteiger partial charge in [0.15, 0.2) is 0 Å². The van der Waals surface area contributed by atoms with Crippen molar-refractivity contribution in [1.29, 1.82) is 0 Å². The van der Waals surface area contributed by atoms with Crippen LogP contribution in [0.2, 0.25) is 5.02 Å². The van der Waals surface area contributed by atoms with Gasteiger partial charge in [0.25, 0.3) is 5.91 Å². The molecule has 0 fully saturated rings. The number of aromatic nitrogens is 2. The fourth-order valence-corrected chi connectivity index (χ4v) is 2.77. The van der Waals surface area contributed by atoms with Gasteiger partial charge in [0.2, 0.25) is 0 Å². The first kappa shape index (κ1) is 16.2.